The van der Waals surface area contributed by atoms with Crippen LogP contribution in [0.1, 0.15) is 44.5 Å². The van der Waals surface area contributed by atoms with Crippen LogP contribution in [0.25, 0.3) is 0 Å². The van der Waals surface area contributed by atoms with E-state index in [1.54, 1.807) is 0 Å². The number of Topliss-reactive ketones (excluding diaryl/α,β-unsaturated/α-hetero) is 1. The summed E-state index contributed by atoms with van der Waals surface area (Å²) >= 11 is 0. The SMILES string of the molecule is CC(C)N1CCOC(c2noc(CC(=O)C3CC3)n2)C1. The molecule has 1 atom stereocenters. The Bertz CT molecular complexity index is 482. The highest BCUT2D eigenvalue weighted by molar-refractivity contribution is 5.84. The molecule has 1 aromatic rings. The molecule has 0 bridgehead atoms. The predicted octanol–water partition coefficient (Wildman–Crippen LogP) is 1.37. The maximum atomic E-state index is 11.7. The summed E-state index contributed by atoms with van der Waals surface area (Å²) in [6.07, 6.45) is 2.13. The summed E-state index contributed by atoms with van der Waals surface area (Å²) in [5.41, 5.74) is 0. The van der Waals surface area contributed by atoms with E-state index in [1.165, 1.54) is 0 Å². The van der Waals surface area contributed by atoms with Crippen molar-refractivity contribution in [1.29, 1.82) is 0 Å². The molecule has 0 aromatic carbocycles. The molecule has 1 aromatic heterocycles. The smallest absolute Gasteiger partial charge is 0.234 e. The van der Waals surface area contributed by atoms with Crippen molar-refractivity contribution in [3.05, 3.63) is 11.7 Å². The number of ether oxygens (including phenoxy) is 1. The number of morpholine rings is 1. The zero-order chi connectivity index (χ0) is 14.1. The molecule has 1 aliphatic carbocycles. The molecule has 0 radical (unpaired) electrons. The average molecular weight is 279 g/mol. The summed E-state index contributed by atoms with van der Waals surface area (Å²) < 4.78 is 10.9. The summed E-state index contributed by atoms with van der Waals surface area (Å²) in [4.78, 5) is 18.4. The van der Waals surface area contributed by atoms with Crippen molar-refractivity contribution in [1.82, 2.24) is 15.0 Å². The molecule has 20 heavy (non-hydrogen) atoms. The maximum Gasteiger partial charge on any atom is 0.234 e. The van der Waals surface area contributed by atoms with E-state index in [0.717, 1.165) is 25.9 Å². The third kappa shape index (κ3) is 3.07. The van der Waals surface area contributed by atoms with E-state index in [1.807, 2.05) is 0 Å². The summed E-state index contributed by atoms with van der Waals surface area (Å²) in [6.45, 7) is 6.71. The Morgan fingerprint density at radius 2 is 2.25 bits per heavy atom. The Morgan fingerprint density at radius 3 is 2.95 bits per heavy atom. The fourth-order valence-corrected chi connectivity index (χ4v) is 2.46. The minimum Gasteiger partial charge on any atom is -0.367 e. The van der Waals surface area contributed by atoms with Crippen LogP contribution >= 0.6 is 0 Å². The van der Waals surface area contributed by atoms with Gasteiger partial charge in [0.2, 0.25) is 11.7 Å². The van der Waals surface area contributed by atoms with E-state index < -0.39 is 0 Å². The molecule has 0 amide bonds. The van der Waals surface area contributed by atoms with E-state index in [0.29, 0.717) is 24.4 Å². The molecule has 1 unspecified atom stereocenters. The Labute approximate surface area is 118 Å². The lowest BCUT2D eigenvalue weighted by Gasteiger charge is -2.34. The van der Waals surface area contributed by atoms with E-state index in [9.17, 15) is 4.79 Å². The van der Waals surface area contributed by atoms with E-state index in [4.69, 9.17) is 9.26 Å². The molecular weight excluding hydrogens is 258 g/mol. The van der Waals surface area contributed by atoms with Gasteiger partial charge in [0, 0.05) is 25.0 Å². The molecule has 2 fully saturated rings. The zero-order valence-electron chi connectivity index (χ0n) is 12.0. The third-order valence-corrected chi connectivity index (χ3v) is 3.96. The van der Waals surface area contributed by atoms with Gasteiger partial charge < -0.3 is 9.26 Å². The fourth-order valence-electron chi connectivity index (χ4n) is 2.46. The molecule has 1 saturated carbocycles. The molecule has 3 rings (SSSR count). The molecule has 2 aliphatic rings. The average Bonchev–Trinajstić information content (AvgIpc) is 3.20. The number of carbonyl (C=O) groups is 1. The highest BCUT2D eigenvalue weighted by Gasteiger charge is 2.32. The minimum absolute atomic E-state index is 0.153. The summed E-state index contributed by atoms with van der Waals surface area (Å²) in [5.74, 6) is 1.43. The molecule has 0 spiro atoms. The van der Waals surface area contributed by atoms with Crippen molar-refractivity contribution in [2.24, 2.45) is 5.92 Å². The number of hydrogen-bond donors (Lipinski definition) is 0. The number of aromatic nitrogens is 2. The van der Waals surface area contributed by atoms with Crippen molar-refractivity contribution in [2.45, 2.75) is 45.3 Å². The molecule has 6 heteroatoms. The van der Waals surface area contributed by atoms with Crippen LogP contribution in [-0.2, 0) is 16.0 Å². The fraction of sp³-hybridized carbons (Fsp3) is 0.786. The first kappa shape index (κ1) is 13.7. The molecule has 2 heterocycles. The highest BCUT2D eigenvalue weighted by Crippen LogP contribution is 2.31. The first-order valence-corrected chi connectivity index (χ1v) is 7.34. The monoisotopic (exact) mass is 279 g/mol. The van der Waals surface area contributed by atoms with E-state index in [2.05, 4.69) is 28.9 Å². The molecular formula is C14H21N3O3. The first-order chi connectivity index (χ1) is 9.63. The number of rotatable bonds is 5. The third-order valence-electron chi connectivity index (χ3n) is 3.96. The van der Waals surface area contributed by atoms with E-state index in [-0.39, 0.29) is 24.2 Å². The molecule has 1 aliphatic heterocycles. The second-order valence-corrected chi connectivity index (χ2v) is 5.91. The van der Waals surface area contributed by atoms with Gasteiger partial charge in [-0.2, -0.15) is 4.98 Å². The van der Waals surface area contributed by atoms with Gasteiger partial charge in [0.05, 0.1) is 13.0 Å². The maximum absolute atomic E-state index is 11.7. The Hall–Kier alpha value is -1.27. The minimum atomic E-state index is -0.153. The number of hydrogen-bond acceptors (Lipinski definition) is 6. The van der Waals surface area contributed by atoms with Gasteiger partial charge >= 0.3 is 0 Å². The van der Waals surface area contributed by atoms with Crippen molar-refractivity contribution in [3.63, 3.8) is 0 Å². The number of ketones is 1. The molecule has 0 N–H and O–H groups in total. The lowest BCUT2D eigenvalue weighted by atomic mass is 10.2. The number of nitrogens with zero attached hydrogens (tertiary/aromatic N) is 3. The van der Waals surface area contributed by atoms with Gasteiger partial charge in [-0.25, -0.2) is 0 Å². The van der Waals surface area contributed by atoms with Gasteiger partial charge in [0.1, 0.15) is 11.9 Å². The van der Waals surface area contributed by atoms with Gasteiger partial charge in [-0.15, -0.1) is 0 Å². The van der Waals surface area contributed by atoms with Crippen LogP contribution in [0.2, 0.25) is 0 Å². The van der Waals surface area contributed by atoms with Gasteiger partial charge in [-0.1, -0.05) is 5.16 Å². The van der Waals surface area contributed by atoms with Gasteiger partial charge in [-0.05, 0) is 26.7 Å². The second kappa shape index (κ2) is 5.61. The molecule has 6 nitrogen and oxygen atoms in total. The van der Waals surface area contributed by atoms with Crippen LogP contribution < -0.4 is 0 Å². The zero-order valence-corrected chi connectivity index (χ0v) is 12.0. The van der Waals surface area contributed by atoms with Crippen LogP contribution in [0.5, 0.6) is 0 Å². The van der Waals surface area contributed by atoms with Crippen molar-refractivity contribution < 1.29 is 14.1 Å². The van der Waals surface area contributed by atoms with Gasteiger partial charge in [0.15, 0.2) is 0 Å². The lowest BCUT2D eigenvalue weighted by Crippen LogP contribution is -2.42. The van der Waals surface area contributed by atoms with Gasteiger partial charge in [0.25, 0.3) is 0 Å². The lowest BCUT2D eigenvalue weighted by molar-refractivity contribution is -0.119. The Kier molecular flexibility index (Phi) is 3.85. The van der Waals surface area contributed by atoms with Gasteiger partial charge in [-0.3, -0.25) is 9.69 Å². The largest absolute Gasteiger partial charge is 0.367 e. The Balaban J connectivity index is 1.62. The molecule has 110 valence electrons. The van der Waals surface area contributed by atoms with Crippen molar-refractivity contribution in [3.8, 4) is 0 Å². The van der Waals surface area contributed by atoms with Crippen LogP contribution in [-0.4, -0.2) is 46.6 Å². The standard InChI is InChI=1S/C14H21N3O3/c1-9(2)17-5-6-19-12(8-17)14-15-13(20-16-14)7-11(18)10-3-4-10/h9-10,12H,3-8H2,1-2H3. The van der Waals surface area contributed by atoms with Crippen LogP contribution in [0.15, 0.2) is 4.52 Å². The summed E-state index contributed by atoms with van der Waals surface area (Å²) in [6, 6.07) is 0.476. The normalized spacial score (nSPS) is 24.2. The van der Waals surface area contributed by atoms with Crippen molar-refractivity contribution >= 4 is 5.78 Å². The summed E-state index contributed by atoms with van der Waals surface area (Å²) in [7, 11) is 0. The first-order valence-electron chi connectivity index (χ1n) is 7.34. The van der Waals surface area contributed by atoms with Crippen LogP contribution in [0.3, 0.4) is 0 Å². The number of carbonyl (C=O) groups excluding carboxylic acids is 1. The quantitative estimate of drug-likeness (QED) is 0.811. The second-order valence-electron chi connectivity index (χ2n) is 5.91. The topological polar surface area (TPSA) is 68.5 Å². The van der Waals surface area contributed by atoms with Crippen LogP contribution in [0.4, 0.5) is 0 Å². The predicted molar refractivity (Wildman–Crippen MR) is 71.1 cm³/mol. The Morgan fingerprint density at radius 1 is 1.45 bits per heavy atom. The summed E-state index contributed by atoms with van der Waals surface area (Å²) in [5, 5.41) is 3.98. The highest BCUT2D eigenvalue weighted by atomic mass is 16.5. The van der Waals surface area contributed by atoms with Crippen LogP contribution in [0, 0.1) is 5.92 Å². The van der Waals surface area contributed by atoms with Crippen molar-refractivity contribution in [2.75, 3.05) is 19.7 Å². The molecule has 1 saturated heterocycles. The van der Waals surface area contributed by atoms with E-state index >= 15 is 0 Å².